The third-order valence-electron chi connectivity index (χ3n) is 5.63. The molecule has 1 aliphatic heterocycles. The Labute approximate surface area is 187 Å². The second-order valence-corrected chi connectivity index (χ2v) is 9.79. The van der Waals surface area contributed by atoms with Gasteiger partial charge in [0.2, 0.25) is 0 Å². The van der Waals surface area contributed by atoms with E-state index in [1.165, 1.54) is 30.1 Å². The van der Waals surface area contributed by atoms with E-state index >= 15 is 0 Å². The zero-order chi connectivity index (χ0) is 23.1. The number of thiophene rings is 1. The van der Waals surface area contributed by atoms with E-state index in [1.54, 1.807) is 4.90 Å². The number of urea groups is 1. The first kappa shape index (κ1) is 23.0. The van der Waals surface area contributed by atoms with Gasteiger partial charge in [-0.05, 0) is 52.7 Å². The largest absolute Gasteiger partial charge is 0.480 e. The molecule has 1 atom stereocenters. The summed E-state index contributed by atoms with van der Waals surface area (Å²) in [5, 5.41) is 10.6. The van der Waals surface area contributed by atoms with Crippen molar-refractivity contribution < 1.29 is 19.4 Å². The van der Waals surface area contributed by atoms with Crippen LogP contribution in [0.2, 0.25) is 0 Å². The Bertz CT molecular complexity index is 1010. The predicted molar refractivity (Wildman–Crippen MR) is 125 cm³/mol. The molecule has 1 aromatic carbocycles. The Morgan fingerprint density at radius 1 is 1.23 bits per heavy atom. The van der Waals surface area contributed by atoms with Gasteiger partial charge in [-0.1, -0.05) is 36.9 Å². The molecule has 0 saturated carbocycles. The summed E-state index contributed by atoms with van der Waals surface area (Å²) < 4.78 is 6.19. The van der Waals surface area contributed by atoms with E-state index in [4.69, 9.17) is 4.74 Å². The van der Waals surface area contributed by atoms with Crippen molar-refractivity contribution >= 4 is 34.0 Å². The molecule has 1 unspecified atom stereocenters. The van der Waals surface area contributed by atoms with Gasteiger partial charge in [-0.15, -0.1) is 11.3 Å². The fourth-order valence-corrected chi connectivity index (χ4v) is 4.98. The first-order valence-electron chi connectivity index (χ1n) is 10.3. The lowest BCUT2D eigenvalue weighted by Crippen LogP contribution is -2.58. The first-order chi connectivity index (χ1) is 14.5. The summed E-state index contributed by atoms with van der Waals surface area (Å²) >= 11 is 1.52. The van der Waals surface area contributed by atoms with Crippen molar-refractivity contribution in [2.24, 2.45) is 0 Å². The van der Waals surface area contributed by atoms with Crippen molar-refractivity contribution in [3.63, 3.8) is 0 Å². The molecule has 1 aliphatic rings. The van der Waals surface area contributed by atoms with Crippen LogP contribution in [0.3, 0.4) is 0 Å². The van der Waals surface area contributed by atoms with Crippen LogP contribution >= 0.6 is 11.3 Å². The Hall–Kier alpha value is -2.64. The first-order valence-corrected chi connectivity index (χ1v) is 11.1. The zero-order valence-corrected chi connectivity index (χ0v) is 19.7. The molecule has 2 heterocycles. The van der Waals surface area contributed by atoms with E-state index < -0.39 is 17.5 Å². The highest BCUT2D eigenvalue weighted by molar-refractivity contribution is 7.16. The topological polar surface area (TPSA) is 70.1 Å². The lowest BCUT2D eigenvalue weighted by molar-refractivity contribution is -0.146. The van der Waals surface area contributed by atoms with E-state index in [9.17, 15) is 14.7 Å². The zero-order valence-electron chi connectivity index (χ0n) is 18.9. The Balaban J connectivity index is 2.12. The summed E-state index contributed by atoms with van der Waals surface area (Å²) in [5.41, 5.74) is 1.77. The maximum absolute atomic E-state index is 13.7. The molecule has 3 rings (SSSR count). The summed E-state index contributed by atoms with van der Waals surface area (Å²) in [7, 11) is 0. The van der Waals surface area contributed by atoms with Crippen LogP contribution < -0.4 is 4.90 Å². The number of benzene rings is 1. The average molecular weight is 443 g/mol. The summed E-state index contributed by atoms with van der Waals surface area (Å²) in [4.78, 5) is 29.8. The van der Waals surface area contributed by atoms with Crippen LogP contribution in [0.1, 0.15) is 55.4 Å². The summed E-state index contributed by atoms with van der Waals surface area (Å²) in [6.45, 7) is 15.3. The number of aryl methyl sites for hydroxylation is 1. The number of carboxylic acid groups (broad SMARTS) is 1. The van der Waals surface area contributed by atoms with Gasteiger partial charge in [0, 0.05) is 10.4 Å². The summed E-state index contributed by atoms with van der Waals surface area (Å²) in [6.07, 6.45) is -0.403. The lowest BCUT2D eigenvalue weighted by atomic mass is 9.97. The number of carbonyl (C=O) groups is 2. The van der Waals surface area contributed by atoms with Gasteiger partial charge in [-0.3, -0.25) is 9.80 Å². The number of aliphatic carboxylic acids is 1. The molecule has 1 aromatic heterocycles. The molecular weight excluding hydrogens is 412 g/mol. The number of ether oxygens (including phenoxy) is 1. The fourth-order valence-electron chi connectivity index (χ4n) is 3.80. The van der Waals surface area contributed by atoms with Gasteiger partial charge in [-0.25, -0.2) is 9.59 Å². The van der Waals surface area contributed by atoms with Crippen LogP contribution in [0.5, 0.6) is 0 Å². The van der Waals surface area contributed by atoms with Gasteiger partial charge in [0.1, 0.15) is 16.6 Å². The summed E-state index contributed by atoms with van der Waals surface area (Å²) in [5.74, 6) is -1.09. The number of hydrogen-bond donors (Lipinski definition) is 1. The van der Waals surface area contributed by atoms with Crippen molar-refractivity contribution in [2.45, 2.75) is 59.3 Å². The van der Waals surface area contributed by atoms with Gasteiger partial charge >= 0.3 is 12.0 Å². The quantitative estimate of drug-likeness (QED) is 0.605. The molecule has 2 amide bonds. The molecule has 0 fully saturated rings. The molecule has 1 N–H and O–H groups in total. The second kappa shape index (κ2) is 8.48. The molecule has 0 bridgehead atoms. The van der Waals surface area contributed by atoms with Crippen molar-refractivity contribution in [1.82, 2.24) is 4.90 Å². The van der Waals surface area contributed by atoms with Crippen LogP contribution in [-0.2, 0) is 9.53 Å². The Morgan fingerprint density at radius 3 is 2.39 bits per heavy atom. The third kappa shape index (κ3) is 4.12. The minimum absolute atomic E-state index is 0.0436. The highest BCUT2D eigenvalue weighted by atomic mass is 32.1. The monoisotopic (exact) mass is 442 g/mol. The number of amides is 2. The van der Waals surface area contributed by atoms with Crippen molar-refractivity contribution in [2.75, 3.05) is 11.4 Å². The highest BCUT2D eigenvalue weighted by Crippen LogP contribution is 2.47. The molecule has 166 valence electrons. The molecule has 31 heavy (non-hydrogen) atoms. The summed E-state index contributed by atoms with van der Waals surface area (Å²) in [6, 6.07) is 9.37. The van der Waals surface area contributed by atoms with Gasteiger partial charge in [-0.2, -0.15) is 0 Å². The Kier molecular flexibility index (Phi) is 6.30. The number of rotatable bonds is 7. The number of nitrogens with zero attached hydrogens (tertiary/aromatic N) is 2. The van der Waals surface area contributed by atoms with Crippen LogP contribution in [0.4, 0.5) is 9.80 Å². The third-order valence-corrected chi connectivity index (χ3v) is 6.86. The van der Waals surface area contributed by atoms with Gasteiger partial charge in [0.05, 0.1) is 18.3 Å². The molecule has 0 spiro atoms. The molecular formula is C24H30N2O4S. The molecule has 6 nitrogen and oxygen atoms in total. The molecule has 0 aliphatic carbocycles. The lowest BCUT2D eigenvalue weighted by Gasteiger charge is -2.44. The van der Waals surface area contributed by atoms with Gasteiger partial charge < -0.3 is 9.84 Å². The number of carbonyl (C=O) groups excluding carboxylic acids is 1. The Morgan fingerprint density at radius 2 is 1.84 bits per heavy atom. The SMILES string of the molecule is C=C1c2c(sc(C)c2C)N(CC(OC(C)C)c2ccccc2)C(=O)N1C(C)(C)C(=O)O. The molecule has 0 radical (unpaired) electrons. The van der Waals surface area contributed by atoms with Crippen LogP contribution in [0.15, 0.2) is 36.9 Å². The predicted octanol–water partition coefficient (Wildman–Crippen LogP) is 5.61. The minimum atomic E-state index is -1.45. The smallest absolute Gasteiger partial charge is 0.330 e. The van der Waals surface area contributed by atoms with E-state index in [0.29, 0.717) is 5.70 Å². The number of hydrogen-bond acceptors (Lipinski definition) is 4. The van der Waals surface area contributed by atoms with Crippen LogP contribution in [0.25, 0.3) is 5.70 Å². The van der Waals surface area contributed by atoms with Crippen LogP contribution in [0, 0.1) is 13.8 Å². The van der Waals surface area contributed by atoms with Crippen molar-refractivity contribution in [3.05, 3.63) is 58.5 Å². The van der Waals surface area contributed by atoms with Crippen molar-refractivity contribution in [1.29, 1.82) is 0 Å². The maximum Gasteiger partial charge on any atom is 0.330 e. The second-order valence-electron chi connectivity index (χ2n) is 8.59. The number of anilines is 1. The highest BCUT2D eigenvalue weighted by Gasteiger charge is 2.47. The normalized spacial score (nSPS) is 15.5. The van der Waals surface area contributed by atoms with E-state index in [0.717, 1.165) is 26.6 Å². The van der Waals surface area contributed by atoms with E-state index in [1.807, 2.05) is 58.0 Å². The average Bonchev–Trinajstić information content (AvgIpc) is 2.99. The van der Waals surface area contributed by atoms with E-state index in [-0.39, 0.29) is 18.8 Å². The molecule has 0 saturated heterocycles. The number of fused-ring (bicyclic) bond motifs is 1. The van der Waals surface area contributed by atoms with Gasteiger partial charge in [0.25, 0.3) is 0 Å². The standard InChI is InChI=1S/C24H30N2O4S/c1-14(2)30-19(18-11-9-8-10-12-18)13-25-21-20(15(3)17(5)31-21)16(4)26(23(25)29)24(6,7)22(27)28/h8-12,14,19H,4,13H2,1-3,5-7H3,(H,27,28). The van der Waals surface area contributed by atoms with Gasteiger partial charge in [0.15, 0.2) is 0 Å². The van der Waals surface area contributed by atoms with Crippen molar-refractivity contribution in [3.8, 4) is 0 Å². The number of carboxylic acids is 1. The van der Waals surface area contributed by atoms with E-state index in [2.05, 4.69) is 6.58 Å². The minimum Gasteiger partial charge on any atom is -0.480 e. The molecule has 7 heteroatoms. The van der Waals surface area contributed by atoms with Crippen LogP contribution in [-0.4, -0.2) is 40.2 Å². The fraction of sp³-hybridized carbons (Fsp3) is 0.417. The maximum atomic E-state index is 13.7. The molecule has 2 aromatic rings.